The zero-order valence-corrected chi connectivity index (χ0v) is 17.0. The summed E-state index contributed by atoms with van der Waals surface area (Å²) in [6, 6.07) is 7.17. The van der Waals surface area contributed by atoms with Gasteiger partial charge in [-0.1, -0.05) is 23.7 Å². The second kappa shape index (κ2) is 9.39. The van der Waals surface area contributed by atoms with Crippen LogP contribution in [-0.2, 0) is 14.4 Å². The highest BCUT2D eigenvalue weighted by Gasteiger charge is 2.33. The Balaban J connectivity index is 1.45. The van der Waals surface area contributed by atoms with Crippen LogP contribution in [0.3, 0.4) is 0 Å². The van der Waals surface area contributed by atoms with Crippen LogP contribution in [0.25, 0.3) is 0 Å². The first-order valence-electron chi connectivity index (χ1n) is 9.86. The average Bonchev–Trinajstić information content (AvgIpc) is 2.70. The first-order valence-corrected chi connectivity index (χ1v) is 10.2. The normalized spacial score (nSPS) is 20.7. The van der Waals surface area contributed by atoms with Crippen molar-refractivity contribution in [3.63, 3.8) is 0 Å². The van der Waals surface area contributed by atoms with E-state index in [1.54, 1.807) is 24.0 Å². The van der Waals surface area contributed by atoms with Gasteiger partial charge in [-0.15, -0.1) is 0 Å². The Bertz CT molecular complexity index is 734. The van der Waals surface area contributed by atoms with Crippen LogP contribution in [0.4, 0.5) is 5.69 Å². The molecule has 2 saturated heterocycles. The lowest BCUT2D eigenvalue weighted by Crippen LogP contribution is -3.15. The Kier molecular flexibility index (Phi) is 6.91. The molecule has 2 fully saturated rings. The molecule has 0 radical (unpaired) electrons. The van der Waals surface area contributed by atoms with Gasteiger partial charge in [0, 0.05) is 20.0 Å². The number of piperazine rings is 1. The number of amides is 3. The van der Waals surface area contributed by atoms with Crippen LogP contribution in [0, 0.1) is 5.92 Å². The summed E-state index contributed by atoms with van der Waals surface area (Å²) in [5.74, 6) is 0.0109. The number of rotatable bonds is 4. The van der Waals surface area contributed by atoms with Gasteiger partial charge in [-0.3, -0.25) is 14.4 Å². The first kappa shape index (κ1) is 20.6. The molecule has 2 aliphatic heterocycles. The summed E-state index contributed by atoms with van der Waals surface area (Å²) < 4.78 is 0. The van der Waals surface area contributed by atoms with E-state index in [1.165, 1.54) is 0 Å². The third-order valence-electron chi connectivity index (χ3n) is 5.56. The predicted molar refractivity (Wildman–Crippen MR) is 107 cm³/mol. The lowest BCUT2D eigenvalue weighted by atomic mass is 9.96. The highest BCUT2D eigenvalue weighted by atomic mass is 35.5. The minimum atomic E-state index is -0.0947. The smallest absolute Gasteiger partial charge is 0.279 e. The monoisotopic (exact) mass is 407 g/mol. The van der Waals surface area contributed by atoms with E-state index in [-0.39, 0.29) is 23.6 Å². The molecule has 0 aromatic heterocycles. The van der Waals surface area contributed by atoms with E-state index in [4.69, 9.17) is 11.6 Å². The molecule has 1 aromatic rings. The standard InChI is InChI=1S/C20H27ClN4O3/c1-15(26)25-8-4-5-16(13-25)20(28)24-11-9-23(10-12-24)14-19(27)22-18-7-3-2-6-17(18)21/h2-3,6-7,16H,4-5,8-14H2,1H3,(H,22,27)/p+1/t16-/m0/s1. The second-order valence-electron chi connectivity index (χ2n) is 7.58. The summed E-state index contributed by atoms with van der Waals surface area (Å²) in [4.78, 5) is 41.5. The maximum absolute atomic E-state index is 12.8. The van der Waals surface area contributed by atoms with Crippen molar-refractivity contribution in [1.82, 2.24) is 9.80 Å². The molecular weight excluding hydrogens is 380 g/mol. The summed E-state index contributed by atoms with van der Waals surface area (Å²) >= 11 is 6.08. The lowest BCUT2D eigenvalue weighted by molar-refractivity contribution is -0.895. The zero-order valence-electron chi connectivity index (χ0n) is 16.2. The molecule has 28 heavy (non-hydrogen) atoms. The fourth-order valence-corrected chi connectivity index (χ4v) is 4.11. The Morgan fingerprint density at radius 3 is 2.54 bits per heavy atom. The molecule has 1 aromatic carbocycles. The minimum absolute atomic E-state index is 0.0382. The van der Waals surface area contributed by atoms with Gasteiger partial charge >= 0.3 is 0 Å². The van der Waals surface area contributed by atoms with E-state index in [1.807, 2.05) is 17.0 Å². The molecule has 2 heterocycles. The maximum Gasteiger partial charge on any atom is 0.279 e. The van der Waals surface area contributed by atoms with Crippen LogP contribution < -0.4 is 10.2 Å². The number of anilines is 1. The van der Waals surface area contributed by atoms with Crippen LogP contribution in [0.1, 0.15) is 19.8 Å². The van der Waals surface area contributed by atoms with Crippen molar-refractivity contribution in [1.29, 1.82) is 0 Å². The zero-order chi connectivity index (χ0) is 20.1. The molecule has 2 N–H and O–H groups in total. The van der Waals surface area contributed by atoms with Crippen molar-refractivity contribution in [2.75, 3.05) is 51.1 Å². The Labute approximate surface area is 170 Å². The Morgan fingerprint density at radius 2 is 1.86 bits per heavy atom. The van der Waals surface area contributed by atoms with Crippen LogP contribution >= 0.6 is 11.6 Å². The van der Waals surface area contributed by atoms with Crippen LogP contribution in [0.5, 0.6) is 0 Å². The van der Waals surface area contributed by atoms with Crippen molar-refractivity contribution >= 4 is 35.0 Å². The summed E-state index contributed by atoms with van der Waals surface area (Å²) in [7, 11) is 0. The lowest BCUT2D eigenvalue weighted by Gasteiger charge is -2.37. The third-order valence-corrected chi connectivity index (χ3v) is 5.89. The summed E-state index contributed by atoms with van der Waals surface area (Å²) in [6.45, 7) is 5.96. The number of piperidine rings is 1. The number of likely N-dealkylation sites (tertiary alicyclic amines) is 1. The Hall–Kier alpha value is -2.12. The maximum atomic E-state index is 12.8. The minimum Gasteiger partial charge on any atom is -0.342 e. The predicted octanol–water partition coefficient (Wildman–Crippen LogP) is 0.264. The summed E-state index contributed by atoms with van der Waals surface area (Å²) in [5.41, 5.74) is 0.620. The van der Waals surface area contributed by atoms with Gasteiger partial charge in [0.05, 0.1) is 42.8 Å². The van der Waals surface area contributed by atoms with Gasteiger partial charge < -0.3 is 20.0 Å². The molecule has 0 spiro atoms. The largest absolute Gasteiger partial charge is 0.342 e. The first-order chi connectivity index (χ1) is 13.4. The molecule has 0 bridgehead atoms. The topological polar surface area (TPSA) is 74.2 Å². The number of carbonyl (C=O) groups is 3. The van der Waals surface area contributed by atoms with Crippen LogP contribution in [-0.4, -0.2) is 73.3 Å². The molecule has 3 rings (SSSR count). The molecular formula is C20H28ClN4O3+. The number of hydrogen-bond donors (Lipinski definition) is 2. The van der Waals surface area contributed by atoms with E-state index in [0.29, 0.717) is 36.9 Å². The van der Waals surface area contributed by atoms with Crippen molar-refractivity contribution in [2.24, 2.45) is 5.92 Å². The van der Waals surface area contributed by atoms with Crippen molar-refractivity contribution < 1.29 is 19.3 Å². The Morgan fingerprint density at radius 1 is 1.14 bits per heavy atom. The third kappa shape index (κ3) is 5.23. The number of nitrogens with one attached hydrogen (secondary N) is 2. The molecule has 2 aliphatic rings. The SMILES string of the molecule is CC(=O)N1CCC[C@H](C(=O)N2CC[NH+](CC(=O)Nc3ccccc3Cl)CC2)C1. The van der Waals surface area contributed by atoms with Crippen LogP contribution in [0.2, 0.25) is 5.02 Å². The van der Waals surface area contributed by atoms with Gasteiger partial charge in [0.15, 0.2) is 6.54 Å². The van der Waals surface area contributed by atoms with Gasteiger partial charge in [0.25, 0.3) is 5.91 Å². The highest BCUT2D eigenvalue weighted by molar-refractivity contribution is 6.33. The van der Waals surface area contributed by atoms with Crippen molar-refractivity contribution in [2.45, 2.75) is 19.8 Å². The quantitative estimate of drug-likeness (QED) is 0.752. The van der Waals surface area contributed by atoms with Gasteiger partial charge in [-0.25, -0.2) is 0 Å². The van der Waals surface area contributed by atoms with E-state index in [0.717, 1.165) is 37.4 Å². The van der Waals surface area contributed by atoms with Gasteiger partial charge in [-0.2, -0.15) is 0 Å². The van der Waals surface area contributed by atoms with Gasteiger partial charge in [0.1, 0.15) is 0 Å². The highest BCUT2D eigenvalue weighted by Crippen LogP contribution is 2.20. The van der Waals surface area contributed by atoms with Gasteiger partial charge in [0.2, 0.25) is 11.8 Å². The van der Waals surface area contributed by atoms with E-state index < -0.39 is 0 Å². The molecule has 152 valence electrons. The fourth-order valence-electron chi connectivity index (χ4n) is 3.93. The van der Waals surface area contributed by atoms with E-state index >= 15 is 0 Å². The molecule has 0 aliphatic carbocycles. The second-order valence-corrected chi connectivity index (χ2v) is 7.99. The number of carbonyl (C=O) groups excluding carboxylic acids is 3. The molecule has 0 unspecified atom stereocenters. The van der Waals surface area contributed by atoms with Crippen molar-refractivity contribution in [3.05, 3.63) is 29.3 Å². The average molecular weight is 408 g/mol. The summed E-state index contributed by atoms with van der Waals surface area (Å²) in [6.07, 6.45) is 1.72. The van der Waals surface area contributed by atoms with E-state index in [2.05, 4.69) is 5.32 Å². The molecule has 3 amide bonds. The van der Waals surface area contributed by atoms with Crippen molar-refractivity contribution in [3.8, 4) is 0 Å². The number of halogens is 1. The van der Waals surface area contributed by atoms with Crippen LogP contribution in [0.15, 0.2) is 24.3 Å². The molecule has 8 heteroatoms. The fraction of sp³-hybridized carbons (Fsp3) is 0.550. The number of hydrogen-bond acceptors (Lipinski definition) is 3. The molecule has 1 atom stereocenters. The molecule has 0 saturated carbocycles. The van der Waals surface area contributed by atoms with E-state index in [9.17, 15) is 14.4 Å². The van der Waals surface area contributed by atoms with Gasteiger partial charge in [-0.05, 0) is 25.0 Å². The number of quaternary nitrogens is 1. The number of nitrogens with zero attached hydrogens (tertiary/aromatic N) is 2. The number of para-hydroxylation sites is 1. The number of benzene rings is 1. The molecule has 7 nitrogen and oxygen atoms in total. The summed E-state index contributed by atoms with van der Waals surface area (Å²) in [5, 5.41) is 3.37.